The average Bonchev–Trinajstić information content (AvgIpc) is 2.71. The van der Waals surface area contributed by atoms with E-state index in [9.17, 15) is 9.59 Å². The van der Waals surface area contributed by atoms with Gasteiger partial charge in [0, 0.05) is 24.2 Å². The number of nitrogens with one attached hydrogen (secondary N) is 2. The monoisotopic (exact) mass is 374 g/mol. The van der Waals surface area contributed by atoms with Crippen molar-refractivity contribution in [3.05, 3.63) is 81.3 Å². The third-order valence-electron chi connectivity index (χ3n) is 5.16. The Morgan fingerprint density at radius 3 is 2.64 bits per heavy atom. The lowest BCUT2D eigenvalue weighted by Gasteiger charge is -2.28. The number of urea groups is 1. The van der Waals surface area contributed by atoms with Crippen LogP contribution in [-0.4, -0.2) is 27.4 Å². The number of carbonyl (C=O) groups is 1. The van der Waals surface area contributed by atoms with Crippen LogP contribution in [0.2, 0.25) is 0 Å². The van der Waals surface area contributed by atoms with Crippen LogP contribution in [0.1, 0.15) is 22.4 Å². The van der Waals surface area contributed by atoms with Gasteiger partial charge < -0.3 is 15.2 Å². The molecular weight excluding hydrogens is 352 g/mol. The number of benzene rings is 2. The summed E-state index contributed by atoms with van der Waals surface area (Å²) in [6.45, 7) is 4.82. The maximum atomic E-state index is 12.7. The second-order valence-corrected chi connectivity index (χ2v) is 7.11. The SMILES string of the molecule is Cc1ccc(NC(=O)N2CCc3nc(-c4ccccc4)[nH]c(=O)c3C2)cc1C. The van der Waals surface area contributed by atoms with Crippen molar-refractivity contribution in [2.45, 2.75) is 26.8 Å². The summed E-state index contributed by atoms with van der Waals surface area (Å²) in [6.07, 6.45) is 0.555. The minimum absolute atomic E-state index is 0.187. The normalized spacial score (nSPS) is 13.1. The number of hydrogen-bond acceptors (Lipinski definition) is 3. The fourth-order valence-electron chi connectivity index (χ4n) is 3.35. The van der Waals surface area contributed by atoms with Crippen molar-refractivity contribution in [2.75, 3.05) is 11.9 Å². The van der Waals surface area contributed by atoms with Crippen LogP contribution in [0.5, 0.6) is 0 Å². The third kappa shape index (κ3) is 3.53. The van der Waals surface area contributed by atoms with Crippen LogP contribution in [0, 0.1) is 13.8 Å². The Labute approximate surface area is 163 Å². The number of carbonyl (C=O) groups excluding carboxylic acids is 1. The lowest BCUT2D eigenvalue weighted by molar-refractivity contribution is 0.205. The summed E-state index contributed by atoms with van der Waals surface area (Å²) >= 11 is 0. The molecule has 0 bridgehead atoms. The molecule has 0 unspecified atom stereocenters. The molecule has 2 aromatic carbocycles. The molecule has 142 valence electrons. The van der Waals surface area contributed by atoms with Crippen molar-refractivity contribution in [3.8, 4) is 11.4 Å². The smallest absolute Gasteiger partial charge is 0.320 e. The Kier molecular flexibility index (Phi) is 4.69. The second kappa shape index (κ2) is 7.31. The lowest BCUT2D eigenvalue weighted by Crippen LogP contribution is -2.41. The van der Waals surface area contributed by atoms with Gasteiger partial charge in [0.25, 0.3) is 5.56 Å². The molecule has 0 saturated heterocycles. The van der Waals surface area contributed by atoms with Crippen LogP contribution in [0.25, 0.3) is 11.4 Å². The molecule has 0 atom stereocenters. The van der Waals surface area contributed by atoms with E-state index < -0.39 is 0 Å². The van der Waals surface area contributed by atoms with Gasteiger partial charge >= 0.3 is 6.03 Å². The van der Waals surface area contributed by atoms with Gasteiger partial charge in [-0.15, -0.1) is 0 Å². The molecule has 4 rings (SSSR count). The minimum Gasteiger partial charge on any atom is -0.320 e. The van der Waals surface area contributed by atoms with Crippen molar-refractivity contribution < 1.29 is 4.79 Å². The number of aryl methyl sites for hydroxylation is 2. The molecule has 0 radical (unpaired) electrons. The fraction of sp³-hybridized carbons (Fsp3) is 0.227. The molecule has 1 aliphatic heterocycles. The number of fused-ring (bicyclic) bond motifs is 1. The van der Waals surface area contributed by atoms with E-state index in [1.807, 2.05) is 62.4 Å². The largest absolute Gasteiger partial charge is 0.322 e. The molecule has 2 N–H and O–H groups in total. The highest BCUT2D eigenvalue weighted by Gasteiger charge is 2.24. The molecule has 0 aliphatic carbocycles. The summed E-state index contributed by atoms with van der Waals surface area (Å²) in [5, 5.41) is 2.92. The molecule has 28 heavy (non-hydrogen) atoms. The van der Waals surface area contributed by atoms with E-state index in [1.54, 1.807) is 4.90 Å². The van der Waals surface area contributed by atoms with Crippen molar-refractivity contribution in [1.29, 1.82) is 0 Å². The summed E-state index contributed by atoms with van der Waals surface area (Å²) in [7, 11) is 0. The number of aromatic amines is 1. The van der Waals surface area contributed by atoms with Crippen LogP contribution in [0.15, 0.2) is 53.3 Å². The molecule has 3 aromatic rings. The molecule has 0 fully saturated rings. The molecular formula is C22H22N4O2. The number of nitrogens with zero attached hydrogens (tertiary/aromatic N) is 2. The van der Waals surface area contributed by atoms with E-state index in [0.717, 1.165) is 22.5 Å². The molecule has 1 aliphatic rings. The Morgan fingerprint density at radius 2 is 1.89 bits per heavy atom. The van der Waals surface area contributed by atoms with Gasteiger partial charge in [0.1, 0.15) is 5.82 Å². The Bertz CT molecular complexity index is 1090. The zero-order chi connectivity index (χ0) is 19.7. The molecule has 0 spiro atoms. The topological polar surface area (TPSA) is 78.1 Å². The summed E-state index contributed by atoms with van der Waals surface area (Å²) in [6, 6.07) is 15.2. The van der Waals surface area contributed by atoms with Crippen molar-refractivity contribution in [1.82, 2.24) is 14.9 Å². The van der Waals surface area contributed by atoms with E-state index in [4.69, 9.17) is 0 Å². The van der Waals surface area contributed by atoms with E-state index in [2.05, 4.69) is 15.3 Å². The Hall–Kier alpha value is -3.41. The summed E-state index contributed by atoms with van der Waals surface area (Å²) in [4.78, 5) is 34.4. The van der Waals surface area contributed by atoms with Gasteiger partial charge in [0.2, 0.25) is 0 Å². The van der Waals surface area contributed by atoms with Crippen LogP contribution in [-0.2, 0) is 13.0 Å². The van der Waals surface area contributed by atoms with Crippen LogP contribution in [0.3, 0.4) is 0 Å². The molecule has 6 heteroatoms. The molecule has 2 amide bonds. The first kappa shape index (κ1) is 18.0. The first-order chi connectivity index (χ1) is 13.5. The number of aromatic nitrogens is 2. The summed E-state index contributed by atoms with van der Waals surface area (Å²) < 4.78 is 0. The van der Waals surface area contributed by atoms with Gasteiger partial charge in [-0.1, -0.05) is 36.4 Å². The van der Waals surface area contributed by atoms with E-state index in [0.29, 0.717) is 24.4 Å². The maximum absolute atomic E-state index is 12.7. The average molecular weight is 374 g/mol. The predicted molar refractivity (Wildman–Crippen MR) is 109 cm³/mol. The highest BCUT2D eigenvalue weighted by Crippen LogP contribution is 2.20. The van der Waals surface area contributed by atoms with Gasteiger partial charge in [-0.05, 0) is 37.1 Å². The predicted octanol–water partition coefficient (Wildman–Crippen LogP) is 3.64. The number of amides is 2. The van der Waals surface area contributed by atoms with Crippen molar-refractivity contribution >= 4 is 11.7 Å². The number of H-pyrrole nitrogens is 1. The molecule has 2 heterocycles. The number of hydrogen-bond donors (Lipinski definition) is 2. The first-order valence-corrected chi connectivity index (χ1v) is 9.32. The molecule has 1 aromatic heterocycles. The van der Waals surface area contributed by atoms with Crippen molar-refractivity contribution in [2.24, 2.45) is 0 Å². The van der Waals surface area contributed by atoms with Gasteiger partial charge in [0.15, 0.2) is 0 Å². The van der Waals surface area contributed by atoms with Crippen LogP contribution in [0.4, 0.5) is 10.5 Å². The fourth-order valence-corrected chi connectivity index (χ4v) is 3.35. The Morgan fingerprint density at radius 1 is 1.11 bits per heavy atom. The highest BCUT2D eigenvalue weighted by molar-refractivity contribution is 5.89. The van der Waals surface area contributed by atoms with E-state index >= 15 is 0 Å². The molecule has 0 saturated carbocycles. The third-order valence-corrected chi connectivity index (χ3v) is 5.16. The Balaban J connectivity index is 1.54. The highest BCUT2D eigenvalue weighted by atomic mass is 16.2. The lowest BCUT2D eigenvalue weighted by atomic mass is 10.1. The van der Waals surface area contributed by atoms with Gasteiger partial charge in [-0.25, -0.2) is 9.78 Å². The second-order valence-electron chi connectivity index (χ2n) is 7.11. The summed E-state index contributed by atoms with van der Waals surface area (Å²) in [5.41, 5.74) is 5.06. The van der Waals surface area contributed by atoms with Gasteiger partial charge in [-0.3, -0.25) is 4.79 Å². The maximum Gasteiger partial charge on any atom is 0.322 e. The molecule has 6 nitrogen and oxygen atoms in total. The van der Waals surface area contributed by atoms with E-state index in [-0.39, 0.29) is 18.1 Å². The minimum atomic E-state index is -0.208. The zero-order valence-corrected chi connectivity index (χ0v) is 16.0. The van der Waals surface area contributed by atoms with Gasteiger partial charge in [-0.2, -0.15) is 0 Å². The van der Waals surface area contributed by atoms with Crippen LogP contribution < -0.4 is 10.9 Å². The quantitative estimate of drug-likeness (QED) is 0.719. The number of anilines is 1. The van der Waals surface area contributed by atoms with Crippen molar-refractivity contribution in [3.63, 3.8) is 0 Å². The standard InChI is InChI=1S/C22H22N4O2/c1-14-8-9-17(12-15(14)2)23-22(28)26-11-10-19-18(13-26)21(27)25-20(24-19)16-6-4-3-5-7-16/h3-9,12H,10-11,13H2,1-2H3,(H,23,28)(H,24,25,27). The van der Waals surface area contributed by atoms with Crippen LogP contribution >= 0.6 is 0 Å². The van der Waals surface area contributed by atoms with E-state index in [1.165, 1.54) is 5.56 Å². The first-order valence-electron chi connectivity index (χ1n) is 9.32. The van der Waals surface area contributed by atoms with Gasteiger partial charge in [0.05, 0.1) is 17.8 Å². The summed E-state index contributed by atoms with van der Waals surface area (Å²) in [5.74, 6) is 0.567. The number of rotatable bonds is 2. The zero-order valence-electron chi connectivity index (χ0n) is 16.0.